The van der Waals surface area contributed by atoms with Gasteiger partial charge in [0.1, 0.15) is 0 Å². The molecule has 1 fully saturated rings. The molecule has 1 aliphatic rings. The zero-order valence-electron chi connectivity index (χ0n) is 14.9. The van der Waals surface area contributed by atoms with Crippen molar-refractivity contribution in [3.8, 4) is 0 Å². The van der Waals surface area contributed by atoms with Crippen LogP contribution >= 0.6 is 0 Å². The molecule has 26 heavy (non-hydrogen) atoms. The molecule has 136 valence electrons. The maximum atomic E-state index is 12.8. The summed E-state index contributed by atoms with van der Waals surface area (Å²) in [6.07, 6.45) is 4.99. The van der Waals surface area contributed by atoms with Gasteiger partial charge in [-0.2, -0.15) is 0 Å². The Morgan fingerprint density at radius 2 is 1.92 bits per heavy atom. The van der Waals surface area contributed by atoms with E-state index in [0.29, 0.717) is 22.7 Å². The van der Waals surface area contributed by atoms with Crippen LogP contribution in [0.3, 0.4) is 0 Å². The van der Waals surface area contributed by atoms with Crippen molar-refractivity contribution < 1.29 is 9.59 Å². The second-order valence-corrected chi connectivity index (χ2v) is 6.77. The predicted octanol–water partition coefficient (Wildman–Crippen LogP) is 2.53. The zero-order valence-corrected chi connectivity index (χ0v) is 14.9. The van der Waals surface area contributed by atoms with Crippen LogP contribution in [0.25, 0.3) is 0 Å². The molecule has 6 heteroatoms. The fourth-order valence-electron chi connectivity index (χ4n) is 3.24. The zero-order chi connectivity index (χ0) is 18.5. The van der Waals surface area contributed by atoms with Crippen LogP contribution in [0.2, 0.25) is 0 Å². The van der Waals surface area contributed by atoms with Crippen LogP contribution in [-0.4, -0.2) is 40.8 Å². The number of rotatable bonds is 4. The molecule has 2 aromatic rings. The van der Waals surface area contributed by atoms with Crippen LogP contribution in [-0.2, 0) is 0 Å². The first kappa shape index (κ1) is 18.1. The van der Waals surface area contributed by atoms with Crippen molar-refractivity contribution in [3.05, 3.63) is 59.9 Å². The van der Waals surface area contributed by atoms with Gasteiger partial charge in [-0.05, 0) is 56.0 Å². The highest BCUT2D eigenvalue weighted by Gasteiger charge is 2.25. The monoisotopic (exact) mass is 352 g/mol. The van der Waals surface area contributed by atoms with Gasteiger partial charge in [0.25, 0.3) is 11.8 Å². The van der Waals surface area contributed by atoms with Crippen LogP contribution in [0.1, 0.15) is 40.5 Å². The maximum absolute atomic E-state index is 12.8. The van der Waals surface area contributed by atoms with E-state index in [9.17, 15) is 9.59 Å². The number of amides is 2. The van der Waals surface area contributed by atoms with Gasteiger partial charge in [0.2, 0.25) is 0 Å². The van der Waals surface area contributed by atoms with E-state index in [-0.39, 0.29) is 17.9 Å². The van der Waals surface area contributed by atoms with Crippen molar-refractivity contribution in [1.29, 1.82) is 0 Å². The molecule has 0 spiro atoms. The highest BCUT2D eigenvalue weighted by Crippen LogP contribution is 2.22. The van der Waals surface area contributed by atoms with Gasteiger partial charge in [0.05, 0.1) is 5.56 Å². The number of nitrogens with two attached hydrogens (primary N) is 1. The lowest BCUT2D eigenvalue weighted by Gasteiger charge is -2.33. The van der Waals surface area contributed by atoms with Gasteiger partial charge in [-0.15, -0.1) is 0 Å². The number of likely N-dealkylation sites (tertiary alicyclic amines) is 1. The number of piperidine rings is 1. The van der Waals surface area contributed by atoms with Crippen molar-refractivity contribution in [2.45, 2.75) is 25.8 Å². The molecule has 0 bridgehead atoms. The van der Waals surface area contributed by atoms with E-state index in [4.69, 9.17) is 5.73 Å². The molecule has 3 rings (SSSR count). The molecule has 1 aromatic carbocycles. The summed E-state index contributed by atoms with van der Waals surface area (Å²) in [5, 5.41) is 2.81. The number of hydrogen-bond acceptors (Lipinski definition) is 4. The second kappa shape index (κ2) is 8.10. The van der Waals surface area contributed by atoms with Gasteiger partial charge in [0.15, 0.2) is 0 Å². The van der Waals surface area contributed by atoms with E-state index >= 15 is 0 Å². The standard InChI is InChI=1S/C20H24N4O2/c1-14(21)15-7-10-24(11-8-15)20(26)16-4-2-6-18(12-16)23-19(25)17-5-3-9-22-13-17/h2-6,9,12-15H,7-8,10-11,21H2,1H3,(H,23,25). The number of anilines is 1. The predicted molar refractivity (Wildman–Crippen MR) is 101 cm³/mol. The first-order valence-electron chi connectivity index (χ1n) is 8.91. The Morgan fingerprint density at radius 1 is 1.19 bits per heavy atom. The largest absolute Gasteiger partial charge is 0.339 e. The highest BCUT2D eigenvalue weighted by atomic mass is 16.2. The lowest BCUT2D eigenvalue weighted by Crippen LogP contribution is -2.42. The van der Waals surface area contributed by atoms with E-state index < -0.39 is 0 Å². The third-order valence-electron chi connectivity index (χ3n) is 4.86. The Balaban J connectivity index is 1.65. The van der Waals surface area contributed by atoms with Gasteiger partial charge >= 0.3 is 0 Å². The van der Waals surface area contributed by atoms with E-state index in [0.717, 1.165) is 25.9 Å². The Kier molecular flexibility index (Phi) is 5.63. The molecule has 3 N–H and O–H groups in total. The Hall–Kier alpha value is -2.73. The molecule has 0 saturated carbocycles. The van der Waals surface area contributed by atoms with Gasteiger partial charge in [-0.1, -0.05) is 6.07 Å². The second-order valence-electron chi connectivity index (χ2n) is 6.77. The minimum atomic E-state index is -0.250. The van der Waals surface area contributed by atoms with Crippen molar-refractivity contribution in [2.24, 2.45) is 11.7 Å². The number of nitrogens with zero attached hydrogens (tertiary/aromatic N) is 2. The summed E-state index contributed by atoms with van der Waals surface area (Å²) in [4.78, 5) is 30.8. The summed E-state index contributed by atoms with van der Waals surface area (Å²) < 4.78 is 0. The van der Waals surface area contributed by atoms with Crippen molar-refractivity contribution >= 4 is 17.5 Å². The third kappa shape index (κ3) is 4.26. The maximum Gasteiger partial charge on any atom is 0.257 e. The molecular weight excluding hydrogens is 328 g/mol. The molecule has 0 radical (unpaired) electrons. The minimum absolute atomic E-state index is 0.00870. The van der Waals surface area contributed by atoms with E-state index in [1.165, 1.54) is 6.20 Å². The van der Waals surface area contributed by atoms with Crippen molar-refractivity contribution in [2.75, 3.05) is 18.4 Å². The number of benzene rings is 1. The summed E-state index contributed by atoms with van der Waals surface area (Å²) in [5.41, 5.74) is 7.61. The topological polar surface area (TPSA) is 88.3 Å². The molecule has 1 saturated heterocycles. The summed E-state index contributed by atoms with van der Waals surface area (Å²) >= 11 is 0. The average molecular weight is 352 g/mol. The number of pyridine rings is 1. The fraction of sp³-hybridized carbons (Fsp3) is 0.350. The Morgan fingerprint density at radius 3 is 2.58 bits per heavy atom. The van der Waals surface area contributed by atoms with Crippen LogP contribution in [0.5, 0.6) is 0 Å². The number of nitrogens with one attached hydrogen (secondary N) is 1. The molecule has 2 heterocycles. The first-order chi connectivity index (χ1) is 12.5. The van der Waals surface area contributed by atoms with Gasteiger partial charge < -0.3 is 16.0 Å². The number of carbonyl (C=O) groups excluding carboxylic acids is 2. The molecule has 1 aromatic heterocycles. The number of carbonyl (C=O) groups is 2. The smallest absolute Gasteiger partial charge is 0.257 e. The Labute approximate surface area is 153 Å². The molecular formula is C20H24N4O2. The molecule has 1 atom stereocenters. The minimum Gasteiger partial charge on any atom is -0.339 e. The lowest BCUT2D eigenvalue weighted by atomic mass is 9.90. The van der Waals surface area contributed by atoms with E-state index in [1.54, 1.807) is 42.6 Å². The average Bonchev–Trinajstić information content (AvgIpc) is 2.68. The van der Waals surface area contributed by atoms with Crippen molar-refractivity contribution in [3.63, 3.8) is 0 Å². The van der Waals surface area contributed by atoms with Crippen molar-refractivity contribution in [1.82, 2.24) is 9.88 Å². The number of hydrogen-bond donors (Lipinski definition) is 2. The summed E-state index contributed by atoms with van der Waals surface area (Å²) in [6.45, 7) is 3.46. The summed E-state index contributed by atoms with van der Waals surface area (Å²) in [6, 6.07) is 10.6. The Bertz CT molecular complexity index is 768. The van der Waals surface area contributed by atoms with Crippen LogP contribution < -0.4 is 11.1 Å². The molecule has 0 aliphatic carbocycles. The van der Waals surface area contributed by atoms with Gasteiger partial charge in [0, 0.05) is 42.8 Å². The third-order valence-corrected chi connectivity index (χ3v) is 4.86. The summed E-state index contributed by atoms with van der Waals surface area (Å²) in [7, 11) is 0. The van der Waals surface area contributed by atoms with Crippen LogP contribution in [0.4, 0.5) is 5.69 Å². The highest BCUT2D eigenvalue weighted by molar-refractivity contribution is 6.04. The van der Waals surface area contributed by atoms with Gasteiger partial charge in [-0.25, -0.2) is 0 Å². The lowest BCUT2D eigenvalue weighted by molar-refractivity contribution is 0.0681. The fourth-order valence-corrected chi connectivity index (χ4v) is 3.24. The SMILES string of the molecule is CC(N)C1CCN(C(=O)c2cccc(NC(=O)c3cccnc3)c2)CC1. The molecule has 1 unspecified atom stereocenters. The van der Waals surface area contributed by atoms with E-state index in [1.807, 2.05) is 11.8 Å². The molecule has 6 nitrogen and oxygen atoms in total. The van der Waals surface area contributed by atoms with Crippen LogP contribution in [0.15, 0.2) is 48.8 Å². The molecule has 2 amide bonds. The summed E-state index contributed by atoms with van der Waals surface area (Å²) in [5.74, 6) is 0.218. The van der Waals surface area contributed by atoms with Gasteiger partial charge in [-0.3, -0.25) is 14.6 Å². The van der Waals surface area contributed by atoms with Crippen LogP contribution in [0, 0.1) is 5.92 Å². The van der Waals surface area contributed by atoms with E-state index in [2.05, 4.69) is 10.3 Å². The normalized spacial score (nSPS) is 16.2. The quantitative estimate of drug-likeness (QED) is 0.885. The number of aromatic nitrogens is 1. The molecule has 1 aliphatic heterocycles. The first-order valence-corrected chi connectivity index (χ1v) is 8.91.